The Balaban J connectivity index is 0.00000156. The van der Waals surface area contributed by atoms with E-state index >= 15 is 0 Å². The predicted molar refractivity (Wildman–Crippen MR) is 92.8 cm³/mol. The average molecular weight is 324 g/mol. The van der Waals surface area contributed by atoms with Gasteiger partial charge in [0.15, 0.2) is 0 Å². The molecule has 0 saturated carbocycles. The van der Waals surface area contributed by atoms with Gasteiger partial charge in [0.1, 0.15) is 0 Å². The number of aliphatic imine (C=N–C) groups is 1. The molecule has 0 radical (unpaired) electrons. The number of nitrogens with one attached hydrogen (secondary N) is 1. The first kappa shape index (κ1) is 15.8. The smallest absolute Gasteiger partial charge is 0.0637 e. The summed E-state index contributed by atoms with van der Waals surface area (Å²) in [7, 11) is 0. The largest absolute Gasteiger partial charge is 1.00 e. The third kappa shape index (κ3) is 3.18. The van der Waals surface area contributed by atoms with Crippen LogP contribution in [0, 0.1) is 0 Å². The van der Waals surface area contributed by atoms with Gasteiger partial charge in [-0.3, -0.25) is 4.99 Å². The van der Waals surface area contributed by atoms with E-state index in [1.54, 1.807) is 0 Å². The topological polar surface area (TPSA) is 28.1 Å². The van der Waals surface area contributed by atoms with Gasteiger partial charge < -0.3 is 17.4 Å². The number of para-hydroxylation sites is 1. The lowest BCUT2D eigenvalue weighted by Crippen LogP contribution is -3.00. The zero-order chi connectivity index (χ0) is 14.8. The summed E-state index contributed by atoms with van der Waals surface area (Å²) in [5.41, 5.74) is 6.60. The van der Waals surface area contributed by atoms with Crippen LogP contribution in [0.4, 0.5) is 0 Å². The summed E-state index contributed by atoms with van der Waals surface area (Å²) >= 11 is 0. The van der Waals surface area contributed by atoms with Gasteiger partial charge >= 0.3 is 0 Å². The van der Waals surface area contributed by atoms with Crippen LogP contribution in [0.3, 0.4) is 0 Å². The lowest BCUT2D eigenvalue weighted by molar-refractivity contribution is -0.00000445. The van der Waals surface area contributed by atoms with E-state index in [1.807, 2.05) is 0 Å². The predicted octanol–water partition coefficient (Wildman–Crippen LogP) is 1.54. The average Bonchev–Trinajstić information content (AvgIpc) is 2.96. The minimum Gasteiger partial charge on any atom is -1.00 e. The Bertz CT molecular complexity index is 818. The molecule has 0 fully saturated rings. The molecule has 0 atom stereocenters. The first-order valence-corrected chi connectivity index (χ1v) is 8.09. The third-order valence-corrected chi connectivity index (χ3v) is 4.49. The molecule has 0 unspecified atom stereocenters. The normalized spacial score (nSPS) is 15.4. The summed E-state index contributed by atoms with van der Waals surface area (Å²) in [4.78, 5) is 8.48. The van der Waals surface area contributed by atoms with Gasteiger partial charge in [0.2, 0.25) is 0 Å². The van der Waals surface area contributed by atoms with E-state index in [1.165, 1.54) is 39.9 Å². The zero-order valence-corrected chi connectivity index (χ0v) is 13.8. The van der Waals surface area contributed by atoms with Crippen LogP contribution >= 0.6 is 0 Å². The summed E-state index contributed by atoms with van der Waals surface area (Å²) < 4.78 is 0. The van der Waals surface area contributed by atoms with Gasteiger partial charge in [0.05, 0.1) is 11.4 Å². The van der Waals surface area contributed by atoms with Crippen LogP contribution in [-0.2, 0) is 12.8 Å². The second-order valence-corrected chi connectivity index (χ2v) is 5.94. The maximum atomic E-state index is 4.90. The Morgan fingerprint density at radius 2 is 1.70 bits per heavy atom. The highest BCUT2D eigenvalue weighted by Crippen LogP contribution is 2.29. The van der Waals surface area contributed by atoms with Gasteiger partial charge in [0.25, 0.3) is 0 Å². The maximum Gasteiger partial charge on any atom is 0.0637 e. The standard InChI is InChI=1S/C20H20N2.ClH/c1-2-7-15(8-3-1)13-14-21-19-12-6-10-17-16-9-4-5-11-18(16)22-20(17)19;/h1-5,7-9,11,22H,6,10,12-14H2;1H/p-1. The van der Waals surface area contributed by atoms with Crippen LogP contribution in [0.2, 0.25) is 0 Å². The minimum atomic E-state index is 0. The molecule has 0 amide bonds. The number of fused-ring (bicyclic) bond motifs is 3. The highest BCUT2D eigenvalue weighted by molar-refractivity contribution is 6.06. The number of aromatic nitrogens is 1. The lowest BCUT2D eigenvalue weighted by atomic mass is 9.94. The highest BCUT2D eigenvalue weighted by atomic mass is 35.5. The van der Waals surface area contributed by atoms with Crippen LogP contribution in [0.25, 0.3) is 10.9 Å². The van der Waals surface area contributed by atoms with E-state index in [4.69, 9.17) is 4.99 Å². The van der Waals surface area contributed by atoms with Crippen LogP contribution < -0.4 is 12.4 Å². The molecule has 0 bridgehead atoms. The summed E-state index contributed by atoms with van der Waals surface area (Å²) in [5, 5.41) is 1.37. The van der Waals surface area contributed by atoms with Gasteiger partial charge in [-0.05, 0) is 42.9 Å². The number of nitrogens with zero attached hydrogens (tertiary/aromatic N) is 1. The monoisotopic (exact) mass is 323 g/mol. The summed E-state index contributed by atoms with van der Waals surface area (Å²) in [6.07, 6.45) is 4.48. The fraction of sp³-hybridized carbons (Fsp3) is 0.250. The van der Waals surface area contributed by atoms with Gasteiger partial charge in [-0.15, -0.1) is 0 Å². The van der Waals surface area contributed by atoms with E-state index in [0.29, 0.717) is 0 Å². The maximum absolute atomic E-state index is 4.90. The van der Waals surface area contributed by atoms with E-state index in [0.717, 1.165) is 25.8 Å². The molecule has 23 heavy (non-hydrogen) atoms. The van der Waals surface area contributed by atoms with E-state index in [2.05, 4.69) is 59.6 Å². The number of hydrogen-bond acceptors (Lipinski definition) is 1. The number of rotatable bonds is 3. The van der Waals surface area contributed by atoms with Crippen molar-refractivity contribution in [2.75, 3.05) is 6.54 Å². The molecule has 4 rings (SSSR count). The summed E-state index contributed by atoms with van der Waals surface area (Å²) in [6.45, 7) is 0.869. The molecule has 0 saturated heterocycles. The first-order valence-electron chi connectivity index (χ1n) is 8.09. The Hall–Kier alpha value is -2.06. The molecular weight excluding hydrogens is 304 g/mol. The Kier molecular flexibility index (Phi) is 4.82. The van der Waals surface area contributed by atoms with Crippen molar-refractivity contribution in [3.8, 4) is 0 Å². The van der Waals surface area contributed by atoms with E-state index in [-0.39, 0.29) is 12.4 Å². The molecule has 118 valence electrons. The molecule has 2 aromatic carbocycles. The fourth-order valence-electron chi connectivity index (χ4n) is 3.39. The SMILES string of the molecule is [Cl-].c1ccc(CCN=C2CCCc3c2[nH]c2ccccc32)cc1. The van der Waals surface area contributed by atoms with Crippen molar-refractivity contribution in [2.24, 2.45) is 4.99 Å². The van der Waals surface area contributed by atoms with Crippen LogP contribution in [0.15, 0.2) is 59.6 Å². The quantitative estimate of drug-likeness (QED) is 0.757. The second kappa shape index (κ2) is 7.01. The highest BCUT2D eigenvalue weighted by Gasteiger charge is 2.19. The van der Waals surface area contributed by atoms with Crippen molar-refractivity contribution in [1.82, 2.24) is 4.98 Å². The van der Waals surface area contributed by atoms with Gasteiger partial charge in [-0.2, -0.15) is 0 Å². The van der Waals surface area contributed by atoms with Gasteiger partial charge in [-0.1, -0.05) is 48.5 Å². The molecule has 1 N–H and O–H groups in total. The second-order valence-electron chi connectivity index (χ2n) is 5.94. The van der Waals surface area contributed by atoms with Crippen molar-refractivity contribution in [3.05, 3.63) is 71.4 Å². The van der Waals surface area contributed by atoms with Crippen LogP contribution in [-0.4, -0.2) is 17.2 Å². The first-order chi connectivity index (χ1) is 10.9. The molecule has 2 nitrogen and oxygen atoms in total. The van der Waals surface area contributed by atoms with Crippen LogP contribution in [0.5, 0.6) is 0 Å². The Morgan fingerprint density at radius 3 is 2.57 bits per heavy atom. The van der Waals surface area contributed by atoms with Crippen molar-refractivity contribution >= 4 is 16.6 Å². The molecule has 1 heterocycles. The number of aromatic amines is 1. The Labute approximate surface area is 143 Å². The minimum absolute atomic E-state index is 0. The molecule has 3 aromatic rings. The van der Waals surface area contributed by atoms with Crippen LogP contribution in [0.1, 0.15) is 29.7 Å². The van der Waals surface area contributed by atoms with E-state index < -0.39 is 0 Å². The Morgan fingerprint density at radius 1 is 0.913 bits per heavy atom. The van der Waals surface area contributed by atoms with Crippen molar-refractivity contribution < 1.29 is 12.4 Å². The molecule has 1 aliphatic rings. The molecule has 1 aliphatic carbocycles. The van der Waals surface area contributed by atoms with Crippen molar-refractivity contribution in [2.45, 2.75) is 25.7 Å². The molecular formula is C20H20ClN2-. The van der Waals surface area contributed by atoms with Gasteiger partial charge in [-0.25, -0.2) is 0 Å². The fourth-order valence-corrected chi connectivity index (χ4v) is 3.39. The number of halogens is 1. The summed E-state index contributed by atoms with van der Waals surface area (Å²) in [6, 6.07) is 19.2. The van der Waals surface area contributed by atoms with E-state index in [9.17, 15) is 0 Å². The van der Waals surface area contributed by atoms with Crippen molar-refractivity contribution in [1.29, 1.82) is 0 Å². The van der Waals surface area contributed by atoms with Crippen molar-refractivity contribution in [3.63, 3.8) is 0 Å². The molecule has 1 aromatic heterocycles. The number of hydrogen-bond donors (Lipinski definition) is 1. The number of aryl methyl sites for hydroxylation is 1. The third-order valence-electron chi connectivity index (χ3n) is 4.49. The zero-order valence-electron chi connectivity index (χ0n) is 13.1. The molecule has 3 heteroatoms. The molecule has 0 aliphatic heterocycles. The lowest BCUT2D eigenvalue weighted by Gasteiger charge is -2.14. The number of benzene rings is 2. The summed E-state index contributed by atoms with van der Waals surface area (Å²) in [5.74, 6) is 0. The number of H-pyrrole nitrogens is 1. The molecule has 0 spiro atoms. The van der Waals surface area contributed by atoms with Gasteiger partial charge in [0, 0.05) is 17.4 Å².